The maximum Gasteiger partial charge on any atom is 0.410 e. The average Bonchev–Trinajstić information content (AvgIpc) is 3.07. The minimum Gasteiger partial charge on any atom is -0.612 e. The summed E-state index contributed by atoms with van der Waals surface area (Å²) < 4.78 is 39.4. The fourth-order valence-electron chi connectivity index (χ4n) is 5.71. The monoisotopic (exact) mass is 640 g/mol. The molecule has 0 aliphatic carbocycles. The van der Waals surface area contributed by atoms with Crippen molar-refractivity contribution >= 4 is 28.4 Å². The number of carbonyl (C=O) groups excluding carboxylic acids is 1. The molecule has 0 radical (unpaired) electrons. The van der Waals surface area contributed by atoms with E-state index < -0.39 is 22.4 Å². The Morgan fingerprint density at radius 3 is 1.77 bits per heavy atom. The first-order valence-corrected chi connectivity index (χ1v) is 18.1. The van der Waals surface area contributed by atoms with Crippen LogP contribution in [0.3, 0.4) is 0 Å². The Kier molecular flexibility index (Phi) is 13.1. The van der Waals surface area contributed by atoms with E-state index in [2.05, 4.69) is 11.4 Å². The van der Waals surface area contributed by atoms with Gasteiger partial charge in [-0.25, -0.2) is 4.79 Å². The summed E-state index contributed by atoms with van der Waals surface area (Å²) in [5.74, 6) is 2.38. The molecule has 1 N–H and O–H groups in total. The highest BCUT2D eigenvalue weighted by Crippen LogP contribution is 2.34. The molecule has 5 rings (SSSR count). The number of methoxy groups -OCH3 is 2. The van der Waals surface area contributed by atoms with E-state index in [0.29, 0.717) is 42.2 Å². The maximum absolute atomic E-state index is 12.3. The number of benzene rings is 3. The Morgan fingerprint density at radius 2 is 1.30 bits per heavy atom. The molecule has 2 saturated heterocycles. The van der Waals surface area contributed by atoms with Crippen molar-refractivity contribution in [2.75, 3.05) is 52.9 Å². The zero-order chi connectivity index (χ0) is 31.5. The van der Waals surface area contributed by atoms with Crippen LogP contribution in [0.2, 0.25) is 0 Å². The Hall–Kier alpha value is -2.89. The number of carbonyl (C=O) groups is 1. The van der Waals surface area contributed by atoms with Gasteiger partial charge in [-0.1, -0.05) is 42.5 Å². The highest BCUT2D eigenvalue weighted by molar-refractivity contribution is 7.91. The molecule has 2 aliphatic rings. The third-order valence-electron chi connectivity index (χ3n) is 8.24. The molecule has 2 atom stereocenters. The second-order valence-electron chi connectivity index (χ2n) is 11.1. The van der Waals surface area contributed by atoms with Crippen LogP contribution in [0.25, 0.3) is 0 Å². The lowest BCUT2D eigenvalue weighted by atomic mass is 9.89. The number of piperidine rings is 2. The van der Waals surface area contributed by atoms with Gasteiger partial charge in [-0.3, -0.25) is 0 Å². The molecular formula is C34H44N2O6S2. The summed E-state index contributed by atoms with van der Waals surface area (Å²) in [4.78, 5) is 15.5. The molecule has 10 heteroatoms. The molecule has 3 aromatic carbocycles. The average molecular weight is 641 g/mol. The van der Waals surface area contributed by atoms with E-state index in [9.17, 15) is 13.9 Å². The normalized spacial score (nSPS) is 17.2. The van der Waals surface area contributed by atoms with E-state index in [0.717, 1.165) is 55.0 Å². The molecular weight excluding hydrogens is 597 g/mol. The van der Waals surface area contributed by atoms with Gasteiger partial charge < -0.3 is 33.5 Å². The second-order valence-corrected chi connectivity index (χ2v) is 13.8. The minimum atomic E-state index is -1.08. The van der Waals surface area contributed by atoms with Gasteiger partial charge in [0.25, 0.3) is 0 Å². The van der Waals surface area contributed by atoms with Crippen LogP contribution in [0.1, 0.15) is 54.2 Å². The van der Waals surface area contributed by atoms with E-state index in [1.807, 2.05) is 60.7 Å². The lowest BCUT2D eigenvalue weighted by molar-refractivity contribution is 0.0870. The summed E-state index contributed by atoms with van der Waals surface area (Å²) in [5, 5.41) is 3.36. The summed E-state index contributed by atoms with van der Waals surface area (Å²) in [7, 11) is 3.23. The van der Waals surface area contributed by atoms with Gasteiger partial charge >= 0.3 is 6.09 Å². The lowest BCUT2D eigenvalue weighted by Gasteiger charge is -2.31. The summed E-state index contributed by atoms with van der Waals surface area (Å²) >= 11 is -2.07. The number of amides is 1. The van der Waals surface area contributed by atoms with Crippen molar-refractivity contribution in [3.05, 3.63) is 83.4 Å². The van der Waals surface area contributed by atoms with Crippen molar-refractivity contribution in [2.45, 2.75) is 53.9 Å². The van der Waals surface area contributed by atoms with Gasteiger partial charge in [0.2, 0.25) is 0 Å². The summed E-state index contributed by atoms with van der Waals surface area (Å²) in [6, 6.07) is 21.7. The zero-order valence-corrected chi connectivity index (χ0v) is 27.7. The van der Waals surface area contributed by atoms with Crippen molar-refractivity contribution in [3.63, 3.8) is 0 Å². The van der Waals surface area contributed by atoms with Crippen molar-refractivity contribution in [1.29, 1.82) is 0 Å². The van der Waals surface area contributed by atoms with Crippen LogP contribution in [-0.2, 0) is 33.7 Å². The fraction of sp³-hybridized carbons (Fsp3) is 0.441. The van der Waals surface area contributed by atoms with Crippen molar-refractivity contribution in [3.8, 4) is 11.5 Å². The molecule has 2 aliphatic heterocycles. The molecule has 44 heavy (non-hydrogen) atoms. The molecule has 0 bridgehead atoms. The van der Waals surface area contributed by atoms with Gasteiger partial charge in [-0.2, -0.15) is 0 Å². The highest BCUT2D eigenvalue weighted by atomic mass is 32.2. The molecule has 0 spiro atoms. The fourth-order valence-corrected chi connectivity index (χ4v) is 7.08. The van der Waals surface area contributed by atoms with Crippen LogP contribution in [0.4, 0.5) is 4.79 Å². The van der Waals surface area contributed by atoms with Crippen molar-refractivity contribution in [2.24, 2.45) is 0 Å². The summed E-state index contributed by atoms with van der Waals surface area (Å²) in [6.07, 6.45) is 7.15. The molecule has 3 aromatic rings. The van der Waals surface area contributed by atoms with Crippen LogP contribution < -0.4 is 14.8 Å². The van der Waals surface area contributed by atoms with Crippen molar-refractivity contribution < 1.29 is 28.1 Å². The Labute approximate surface area is 267 Å². The van der Waals surface area contributed by atoms with Gasteiger partial charge in [0.1, 0.15) is 19.1 Å². The number of nitrogens with zero attached hydrogens (tertiary/aromatic N) is 1. The third-order valence-corrected chi connectivity index (χ3v) is 10.1. The standard InChI is InChI=1S/C21H25NO4S.C13H19NO2S/c1-25-19-14-18(8-9-20(19)27(2)24)17-10-12-22(13-11-17)21(23)26-15-16-6-4-3-5-7-16;1-16-12-9-11(3-4-13(12)17(2)15)10-5-7-14-8-6-10/h3-9,14,17H,10-13,15H2,1-2H3;3-4,9-10,14H,5-8H2,1-2H3. The molecule has 1 amide bonds. The zero-order valence-electron chi connectivity index (χ0n) is 26.1. The number of hydrogen-bond acceptors (Lipinski definition) is 7. The Morgan fingerprint density at radius 1 is 0.795 bits per heavy atom. The summed E-state index contributed by atoms with van der Waals surface area (Å²) in [5.41, 5.74) is 3.46. The summed E-state index contributed by atoms with van der Waals surface area (Å²) in [6.45, 7) is 3.79. The number of ether oxygens (including phenoxy) is 3. The van der Waals surface area contributed by atoms with E-state index in [1.54, 1.807) is 31.6 Å². The SMILES string of the molecule is COc1cc(C2CCN(C(=O)OCc3ccccc3)CC2)ccc1[S+](C)[O-].COc1cc(C2CCNCC2)ccc1[S+](C)[O-]. The number of rotatable bonds is 8. The van der Waals surface area contributed by atoms with Crippen LogP contribution in [-0.4, -0.2) is 73.0 Å². The van der Waals surface area contributed by atoms with Crippen LogP contribution in [0.5, 0.6) is 11.5 Å². The number of hydrogen-bond donors (Lipinski definition) is 1. The first-order chi connectivity index (χ1) is 21.3. The van der Waals surface area contributed by atoms with Gasteiger partial charge in [-0.15, -0.1) is 0 Å². The minimum absolute atomic E-state index is 0.258. The van der Waals surface area contributed by atoms with Crippen LogP contribution in [0, 0.1) is 0 Å². The predicted molar refractivity (Wildman–Crippen MR) is 176 cm³/mol. The molecule has 0 saturated carbocycles. The van der Waals surface area contributed by atoms with Gasteiger partial charge in [-0.05, 0) is 114 Å². The van der Waals surface area contributed by atoms with Crippen LogP contribution in [0.15, 0.2) is 76.5 Å². The maximum atomic E-state index is 12.3. The van der Waals surface area contributed by atoms with Gasteiger partial charge in [0, 0.05) is 13.1 Å². The Bertz CT molecular complexity index is 1330. The van der Waals surface area contributed by atoms with E-state index in [4.69, 9.17) is 14.2 Å². The van der Waals surface area contributed by atoms with E-state index >= 15 is 0 Å². The molecule has 8 nitrogen and oxygen atoms in total. The number of likely N-dealkylation sites (tertiary alicyclic amines) is 1. The molecule has 2 fully saturated rings. The molecule has 0 aromatic heterocycles. The predicted octanol–water partition coefficient (Wildman–Crippen LogP) is 5.85. The van der Waals surface area contributed by atoms with Gasteiger partial charge in [0.05, 0.1) is 14.2 Å². The molecule has 238 valence electrons. The quantitative estimate of drug-likeness (QED) is 0.308. The first kappa shape index (κ1) is 34.0. The van der Waals surface area contributed by atoms with Gasteiger partial charge in [0.15, 0.2) is 21.3 Å². The second kappa shape index (κ2) is 17.0. The number of nitrogens with one attached hydrogen (secondary N) is 1. The topological polar surface area (TPSA) is 106 Å². The molecule has 2 unspecified atom stereocenters. The third kappa shape index (κ3) is 9.31. The van der Waals surface area contributed by atoms with Crippen LogP contribution >= 0.6 is 0 Å². The highest BCUT2D eigenvalue weighted by Gasteiger charge is 2.26. The largest absolute Gasteiger partial charge is 0.612 e. The van der Waals surface area contributed by atoms with E-state index in [-0.39, 0.29) is 6.09 Å². The molecule has 2 heterocycles. The smallest absolute Gasteiger partial charge is 0.410 e. The Balaban J connectivity index is 0.000000223. The first-order valence-electron chi connectivity index (χ1n) is 15.0. The van der Waals surface area contributed by atoms with Crippen molar-refractivity contribution in [1.82, 2.24) is 10.2 Å². The lowest BCUT2D eigenvalue weighted by Crippen LogP contribution is -2.38. The van der Waals surface area contributed by atoms with E-state index in [1.165, 1.54) is 11.1 Å².